The predicted molar refractivity (Wildman–Crippen MR) is 68.8 cm³/mol. The zero-order valence-electron chi connectivity index (χ0n) is 9.60. The van der Waals surface area contributed by atoms with Crippen LogP contribution in [0, 0.1) is 6.92 Å². The van der Waals surface area contributed by atoms with Gasteiger partial charge in [0.25, 0.3) is 0 Å². The van der Waals surface area contributed by atoms with Crippen LogP contribution in [-0.4, -0.2) is 12.0 Å². The zero-order valence-corrected chi connectivity index (χ0v) is 10.4. The summed E-state index contributed by atoms with van der Waals surface area (Å²) in [6, 6.07) is 8.83. The first-order valence-electron chi connectivity index (χ1n) is 5.41. The number of rotatable bonds is 4. The Hall–Kier alpha value is -1.19. The minimum Gasteiger partial charge on any atom is -0.311 e. The quantitative estimate of drug-likeness (QED) is 0.876. The molecule has 0 bridgehead atoms. The molecule has 0 aliphatic heterocycles. The summed E-state index contributed by atoms with van der Waals surface area (Å²) in [6.45, 7) is 2.16. The smallest absolute Gasteiger partial charge is 0.0795 e. The van der Waals surface area contributed by atoms with Crippen molar-refractivity contribution >= 4 is 11.3 Å². The highest BCUT2D eigenvalue weighted by atomic mass is 32.1. The number of hydrogen-bond acceptors (Lipinski definition) is 3. The Morgan fingerprint density at radius 2 is 2.19 bits per heavy atom. The lowest BCUT2D eigenvalue weighted by molar-refractivity contribution is 0.578. The second kappa shape index (κ2) is 5.23. The molecule has 0 aliphatic carbocycles. The second-order valence-corrected chi connectivity index (χ2v) is 4.60. The van der Waals surface area contributed by atoms with Crippen LogP contribution in [0.4, 0.5) is 0 Å². The molecule has 0 amide bonds. The summed E-state index contributed by atoms with van der Waals surface area (Å²) in [5, 5.41) is 5.43. The van der Waals surface area contributed by atoms with Crippen LogP contribution in [0.2, 0.25) is 0 Å². The molecule has 1 N–H and O–H groups in total. The van der Waals surface area contributed by atoms with Crippen molar-refractivity contribution in [1.29, 1.82) is 0 Å². The van der Waals surface area contributed by atoms with Crippen molar-refractivity contribution in [1.82, 2.24) is 10.3 Å². The van der Waals surface area contributed by atoms with Gasteiger partial charge in [-0.15, -0.1) is 11.3 Å². The second-order valence-electron chi connectivity index (χ2n) is 3.89. The van der Waals surface area contributed by atoms with Gasteiger partial charge in [-0.2, -0.15) is 0 Å². The van der Waals surface area contributed by atoms with Crippen molar-refractivity contribution in [2.24, 2.45) is 0 Å². The molecule has 3 heteroatoms. The van der Waals surface area contributed by atoms with E-state index < -0.39 is 0 Å². The van der Waals surface area contributed by atoms with Gasteiger partial charge in [-0.3, -0.25) is 0 Å². The van der Waals surface area contributed by atoms with Crippen LogP contribution in [-0.2, 0) is 6.42 Å². The van der Waals surface area contributed by atoms with Gasteiger partial charge in [0.15, 0.2) is 0 Å². The molecule has 84 valence electrons. The Balaban J connectivity index is 2.17. The van der Waals surface area contributed by atoms with E-state index in [1.807, 2.05) is 12.6 Å². The molecule has 1 aromatic heterocycles. The molecule has 1 aromatic carbocycles. The maximum atomic E-state index is 4.37. The van der Waals surface area contributed by atoms with Crippen molar-refractivity contribution in [2.75, 3.05) is 7.05 Å². The molecule has 2 nitrogen and oxygen atoms in total. The van der Waals surface area contributed by atoms with E-state index >= 15 is 0 Å². The number of likely N-dealkylation sites (N-methyl/N-ethyl adjacent to an activating group) is 1. The normalized spacial score (nSPS) is 12.6. The topological polar surface area (TPSA) is 24.9 Å². The maximum absolute atomic E-state index is 4.37. The van der Waals surface area contributed by atoms with E-state index in [1.165, 1.54) is 11.1 Å². The summed E-state index contributed by atoms with van der Waals surface area (Å²) in [5.41, 5.74) is 5.75. The summed E-state index contributed by atoms with van der Waals surface area (Å²) < 4.78 is 0. The van der Waals surface area contributed by atoms with Gasteiger partial charge in [0.1, 0.15) is 0 Å². The Morgan fingerprint density at radius 1 is 1.38 bits per heavy atom. The zero-order chi connectivity index (χ0) is 11.4. The van der Waals surface area contributed by atoms with Crippen molar-refractivity contribution in [2.45, 2.75) is 19.4 Å². The molecule has 0 fully saturated rings. The highest BCUT2D eigenvalue weighted by Crippen LogP contribution is 2.19. The number of benzene rings is 1. The lowest BCUT2D eigenvalue weighted by Gasteiger charge is -2.15. The fourth-order valence-corrected chi connectivity index (χ4v) is 2.42. The predicted octanol–water partition coefficient (Wildman–Crippen LogP) is 2.95. The third kappa shape index (κ3) is 2.49. The van der Waals surface area contributed by atoms with Crippen molar-refractivity contribution in [3.63, 3.8) is 0 Å². The van der Waals surface area contributed by atoms with E-state index in [9.17, 15) is 0 Å². The summed E-state index contributed by atoms with van der Waals surface area (Å²) in [5.74, 6) is 0. The number of nitrogens with one attached hydrogen (secondary N) is 1. The molecule has 1 heterocycles. The SMILES string of the molecule is CNC(Cc1ccccc1C)c1cscn1. The molecule has 16 heavy (non-hydrogen) atoms. The van der Waals surface area contributed by atoms with Gasteiger partial charge in [0.2, 0.25) is 0 Å². The molecule has 1 atom stereocenters. The Morgan fingerprint density at radius 3 is 2.81 bits per heavy atom. The first-order valence-corrected chi connectivity index (χ1v) is 6.35. The molecule has 2 rings (SSSR count). The molecule has 2 aromatic rings. The number of aryl methyl sites for hydroxylation is 1. The fraction of sp³-hybridized carbons (Fsp3) is 0.308. The summed E-state index contributed by atoms with van der Waals surface area (Å²) in [4.78, 5) is 4.37. The molecule has 1 unspecified atom stereocenters. The molecule has 0 aliphatic rings. The van der Waals surface area contributed by atoms with Gasteiger partial charge < -0.3 is 5.32 Å². The lowest BCUT2D eigenvalue weighted by atomic mass is 10.00. The molecular weight excluding hydrogens is 216 g/mol. The monoisotopic (exact) mass is 232 g/mol. The Labute approximate surface area is 100 Å². The highest BCUT2D eigenvalue weighted by Gasteiger charge is 2.12. The van der Waals surface area contributed by atoms with Gasteiger partial charge >= 0.3 is 0 Å². The minimum absolute atomic E-state index is 0.312. The molecular formula is C13H16N2S. The first-order chi connectivity index (χ1) is 7.81. The van der Waals surface area contributed by atoms with E-state index in [4.69, 9.17) is 0 Å². The maximum Gasteiger partial charge on any atom is 0.0795 e. The van der Waals surface area contributed by atoms with Crippen molar-refractivity contribution < 1.29 is 0 Å². The molecule has 0 saturated carbocycles. The molecule has 0 radical (unpaired) electrons. The van der Waals surface area contributed by atoms with E-state index in [-0.39, 0.29) is 0 Å². The Kier molecular flexibility index (Phi) is 3.70. The standard InChI is InChI=1S/C13H16N2S/c1-10-5-3-4-6-11(10)7-12(14-2)13-8-16-9-15-13/h3-6,8-9,12,14H,7H2,1-2H3. The minimum atomic E-state index is 0.312. The average molecular weight is 232 g/mol. The number of nitrogens with zero attached hydrogens (tertiary/aromatic N) is 1. The Bertz CT molecular complexity index is 437. The van der Waals surface area contributed by atoms with Gasteiger partial charge in [-0.25, -0.2) is 4.98 Å². The first kappa shape index (κ1) is 11.3. The van der Waals surface area contributed by atoms with Crippen molar-refractivity contribution in [3.8, 4) is 0 Å². The summed E-state index contributed by atoms with van der Waals surface area (Å²) >= 11 is 1.65. The van der Waals surface area contributed by atoms with E-state index in [1.54, 1.807) is 11.3 Å². The lowest BCUT2D eigenvalue weighted by Crippen LogP contribution is -2.19. The van der Waals surface area contributed by atoms with E-state index in [0.717, 1.165) is 12.1 Å². The van der Waals surface area contributed by atoms with E-state index in [2.05, 4.69) is 46.9 Å². The van der Waals surface area contributed by atoms with Crippen LogP contribution in [0.15, 0.2) is 35.2 Å². The average Bonchev–Trinajstić information content (AvgIpc) is 2.81. The fourth-order valence-electron chi connectivity index (χ4n) is 1.81. The van der Waals surface area contributed by atoms with Crippen molar-refractivity contribution in [3.05, 3.63) is 52.0 Å². The van der Waals surface area contributed by atoms with Crippen LogP contribution >= 0.6 is 11.3 Å². The van der Waals surface area contributed by atoms with Crippen LogP contribution in [0.1, 0.15) is 22.9 Å². The van der Waals surface area contributed by atoms with Crippen LogP contribution in [0.3, 0.4) is 0 Å². The van der Waals surface area contributed by atoms with Gasteiger partial charge in [0.05, 0.1) is 17.2 Å². The molecule has 0 spiro atoms. The third-order valence-electron chi connectivity index (χ3n) is 2.84. The van der Waals surface area contributed by atoms with Crippen LogP contribution < -0.4 is 5.32 Å². The van der Waals surface area contributed by atoms with Gasteiger partial charge in [-0.1, -0.05) is 24.3 Å². The summed E-state index contributed by atoms with van der Waals surface area (Å²) in [6.07, 6.45) is 0.993. The highest BCUT2D eigenvalue weighted by molar-refractivity contribution is 7.07. The largest absolute Gasteiger partial charge is 0.311 e. The summed E-state index contributed by atoms with van der Waals surface area (Å²) in [7, 11) is 1.99. The molecule has 0 saturated heterocycles. The van der Waals surface area contributed by atoms with E-state index in [0.29, 0.717) is 6.04 Å². The van der Waals surface area contributed by atoms with Crippen LogP contribution in [0.5, 0.6) is 0 Å². The van der Waals surface area contributed by atoms with Gasteiger partial charge in [0, 0.05) is 5.38 Å². The van der Waals surface area contributed by atoms with Crippen LogP contribution in [0.25, 0.3) is 0 Å². The number of thiazole rings is 1. The van der Waals surface area contributed by atoms with Gasteiger partial charge in [-0.05, 0) is 31.5 Å². The number of aromatic nitrogens is 1. The third-order valence-corrected chi connectivity index (χ3v) is 3.45. The number of hydrogen-bond donors (Lipinski definition) is 1.